The highest BCUT2D eigenvalue weighted by molar-refractivity contribution is 6.31. The molecule has 1 aromatic rings. The molecule has 27 heavy (non-hydrogen) atoms. The lowest BCUT2D eigenvalue weighted by Crippen LogP contribution is -2.54. The number of piperidine rings is 1. The van der Waals surface area contributed by atoms with E-state index in [2.05, 4.69) is 33.2 Å². The molecule has 4 atom stereocenters. The molecule has 4 unspecified atom stereocenters. The highest BCUT2D eigenvalue weighted by Gasteiger charge is 2.51. The summed E-state index contributed by atoms with van der Waals surface area (Å²) in [5.41, 5.74) is 6.17. The van der Waals surface area contributed by atoms with Crippen molar-refractivity contribution in [1.29, 1.82) is 0 Å². The van der Waals surface area contributed by atoms with Gasteiger partial charge in [0.05, 0.1) is 0 Å². The fourth-order valence-electron chi connectivity index (χ4n) is 5.60. The molecular formula is C21H27ClN4O. The highest BCUT2D eigenvalue weighted by Crippen LogP contribution is 2.47. The molecule has 0 radical (unpaired) electrons. The van der Waals surface area contributed by atoms with Gasteiger partial charge in [-0.15, -0.1) is 0 Å². The normalized spacial score (nSPS) is 33.9. The number of nitrogens with one attached hydrogen (secondary N) is 3. The molecule has 4 aliphatic rings. The number of nitrogens with zero attached hydrogens (tertiary/aromatic N) is 1. The Kier molecular flexibility index (Phi) is 4.62. The summed E-state index contributed by atoms with van der Waals surface area (Å²) < 4.78 is 0. The number of hydrogen-bond acceptors (Lipinski definition) is 4. The Balaban J connectivity index is 1.48. The Labute approximate surface area is 165 Å². The summed E-state index contributed by atoms with van der Waals surface area (Å²) in [5.74, 6) is 1.21. The summed E-state index contributed by atoms with van der Waals surface area (Å²) in [6.45, 7) is 2.05. The molecule has 0 spiro atoms. The van der Waals surface area contributed by atoms with Gasteiger partial charge in [-0.3, -0.25) is 9.80 Å². The van der Waals surface area contributed by atoms with Crippen LogP contribution in [0.1, 0.15) is 43.6 Å². The molecule has 6 heteroatoms. The SMILES string of the molecule is O=C1C=C(C2CCNCC2)N2NC3CCCC(c4ccccc4Cl)C3C2N1. The van der Waals surface area contributed by atoms with Crippen molar-refractivity contribution >= 4 is 17.5 Å². The first-order chi connectivity index (χ1) is 13.2. The largest absolute Gasteiger partial charge is 0.331 e. The lowest BCUT2D eigenvalue weighted by atomic mass is 9.72. The average Bonchev–Trinajstić information content (AvgIpc) is 3.07. The summed E-state index contributed by atoms with van der Waals surface area (Å²) in [7, 11) is 0. The zero-order valence-corrected chi connectivity index (χ0v) is 16.2. The molecule has 0 bridgehead atoms. The van der Waals surface area contributed by atoms with E-state index >= 15 is 0 Å². The summed E-state index contributed by atoms with van der Waals surface area (Å²) in [5, 5.41) is 9.82. The van der Waals surface area contributed by atoms with Crippen LogP contribution in [0.5, 0.6) is 0 Å². The molecule has 5 rings (SSSR count). The van der Waals surface area contributed by atoms with E-state index in [1.54, 1.807) is 0 Å². The van der Waals surface area contributed by atoms with Crippen molar-refractivity contribution in [3.63, 3.8) is 0 Å². The molecule has 0 aromatic heterocycles. The topological polar surface area (TPSA) is 56.4 Å². The maximum absolute atomic E-state index is 12.6. The first kappa shape index (κ1) is 17.5. The van der Waals surface area contributed by atoms with Gasteiger partial charge >= 0.3 is 0 Å². The highest BCUT2D eigenvalue weighted by atomic mass is 35.5. The lowest BCUT2D eigenvalue weighted by molar-refractivity contribution is -0.120. The van der Waals surface area contributed by atoms with E-state index < -0.39 is 0 Å². The molecular weight excluding hydrogens is 360 g/mol. The molecule has 1 amide bonds. The number of halogens is 1. The van der Waals surface area contributed by atoms with Gasteiger partial charge in [0, 0.05) is 34.7 Å². The van der Waals surface area contributed by atoms with Crippen molar-refractivity contribution in [3.05, 3.63) is 46.6 Å². The van der Waals surface area contributed by atoms with Gasteiger partial charge < -0.3 is 10.6 Å². The molecule has 3 heterocycles. The van der Waals surface area contributed by atoms with Crippen molar-refractivity contribution in [1.82, 2.24) is 21.1 Å². The van der Waals surface area contributed by atoms with Crippen molar-refractivity contribution in [2.24, 2.45) is 11.8 Å². The van der Waals surface area contributed by atoms with Crippen LogP contribution in [0.15, 0.2) is 36.0 Å². The van der Waals surface area contributed by atoms with E-state index in [1.807, 2.05) is 18.2 Å². The van der Waals surface area contributed by atoms with Gasteiger partial charge in [0.25, 0.3) is 0 Å². The van der Waals surface area contributed by atoms with Crippen LogP contribution in [-0.4, -0.2) is 36.2 Å². The Morgan fingerprint density at radius 2 is 1.89 bits per heavy atom. The quantitative estimate of drug-likeness (QED) is 0.731. The van der Waals surface area contributed by atoms with E-state index in [-0.39, 0.29) is 12.1 Å². The fraction of sp³-hybridized carbons (Fsp3) is 0.571. The third kappa shape index (κ3) is 3.06. The van der Waals surface area contributed by atoms with Gasteiger partial charge in [-0.2, -0.15) is 0 Å². The number of hydrazine groups is 1. The van der Waals surface area contributed by atoms with Crippen molar-refractivity contribution in [2.45, 2.75) is 50.2 Å². The van der Waals surface area contributed by atoms with Crippen molar-refractivity contribution in [2.75, 3.05) is 13.1 Å². The molecule has 1 aliphatic carbocycles. The minimum Gasteiger partial charge on any atom is -0.331 e. The van der Waals surface area contributed by atoms with Crippen LogP contribution in [0.3, 0.4) is 0 Å². The second-order valence-electron chi connectivity index (χ2n) is 8.29. The molecule has 1 saturated carbocycles. The molecule has 5 nitrogen and oxygen atoms in total. The second kappa shape index (κ2) is 7.12. The lowest BCUT2D eigenvalue weighted by Gasteiger charge is -2.41. The number of carbonyl (C=O) groups is 1. The Morgan fingerprint density at radius 1 is 1.07 bits per heavy atom. The van der Waals surface area contributed by atoms with E-state index in [9.17, 15) is 4.79 Å². The summed E-state index contributed by atoms with van der Waals surface area (Å²) >= 11 is 6.56. The Morgan fingerprint density at radius 3 is 2.70 bits per heavy atom. The molecule has 1 aromatic carbocycles. The van der Waals surface area contributed by atoms with E-state index in [0.717, 1.165) is 43.8 Å². The molecule has 144 valence electrons. The first-order valence-electron chi connectivity index (χ1n) is 10.2. The number of allylic oxidation sites excluding steroid dienone is 1. The minimum atomic E-state index is 0.0129. The molecule has 3 N–H and O–H groups in total. The molecule has 3 fully saturated rings. The van der Waals surface area contributed by atoms with Gasteiger partial charge in [0.2, 0.25) is 5.91 Å². The third-order valence-electron chi connectivity index (χ3n) is 6.82. The summed E-state index contributed by atoms with van der Waals surface area (Å²) in [6.07, 6.45) is 7.47. The Bertz CT molecular complexity index is 760. The van der Waals surface area contributed by atoms with Gasteiger partial charge in [-0.1, -0.05) is 36.2 Å². The maximum Gasteiger partial charge on any atom is 0.247 e. The number of hydrogen-bond donors (Lipinski definition) is 3. The summed E-state index contributed by atoms with van der Waals surface area (Å²) in [4.78, 5) is 12.6. The van der Waals surface area contributed by atoms with Gasteiger partial charge in [0.15, 0.2) is 0 Å². The number of carbonyl (C=O) groups excluding carboxylic acids is 1. The molecule has 2 saturated heterocycles. The van der Waals surface area contributed by atoms with Crippen LogP contribution < -0.4 is 16.1 Å². The minimum absolute atomic E-state index is 0.0129. The first-order valence-corrected chi connectivity index (χ1v) is 10.6. The van der Waals surface area contributed by atoms with Crippen LogP contribution in [0.25, 0.3) is 0 Å². The standard InChI is InChI=1S/C21H27ClN4O/c22-16-6-2-1-4-14(16)15-5-3-7-17-20(15)21-24-19(27)12-18(26(21)25-17)13-8-10-23-11-9-13/h1-2,4,6,12-13,15,17,20-21,23,25H,3,5,7-11H2,(H,24,27). The van der Waals surface area contributed by atoms with Crippen molar-refractivity contribution < 1.29 is 4.79 Å². The Hall–Kier alpha value is -1.56. The predicted molar refractivity (Wildman–Crippen MR) is 106 cm³/mol. The van der Waals surface area contributed by atoms with Crippen LogP contribution in [-0.2, 0) is 4.79 Å². The smallest absolute Gasteiger partial charge is 0.247 e. The van der Waals surface area contributed by atoms with E-state index in [1.165, 1.54) is 17.7 Å². The zero-order chi connectivity index (χ0) is 18.4. The number of benzene rings is 1. The zero-order valence-electron chi connectivity index (χ0n) is 15.5. The monoisotopic (exact) mass is 386 g/mol. The fourth-order valence-corrected chi connectivity index (χ4v) is 5.88. The van der Waals surface area contributed by atoms with Crippen molar-refractivity contribution in [3.8, 4) is 0 Å². The average molecular weight is 387 g/mol. The van der Waals surface area contributed by atoms with Gasteiger partial charge in [-0.25, -0.2) is 5.43 Å². The van der Waals surface area contributed by atoms with Crippen LogP contribution >= 0.6 is 11.6 Å². The summed E-state index contributed by atoms with van der Waals surface area (Å²) in [6, 6.07) is 8.59. The van der Waals surface area contributed by atoms with E-state index in [0.29, 0.717) is 23.8 Å². The van der Waals surface area contributed by atoms with Gasteiger partial charge in [-0.05, 0) is 56.3 Å². The number of fused-ring (bicyclic) bond motifs is 3. The molecule has 3 aliphatic heterocycles. The number of rotatable bonds is 2. The van der Waals surface area contributed by atoms with Crippen LogP contribution in [0.2, 0.25) is 5.02 Å². The second-order valence-corrected chi connectivity index (χ2v) is 8.70. The predicted octanol–water partition coefficient (Wildman–Crippen LogP) is 2.75. The van der Waals surface area contributed by atoms with Crippen LogP contribution in [0, 0.1) is 11.8 Å². The maximum atomic E-state index is 12.6. The van der Waals surface area contributed by atoms with Crippen LogP contribution in [0.4, 0.5) is 0 Å². The van der Waals surface area contributed by atoms with Gasteiger partial charge in [0.1, 0.15) is 6.17 Å². The number of amides is 1. The third-order valence-corrected chi connectivity index (χ3v) is 7.16. The van der Waals surface area contributed by atoms with E-state index in [4.69, 9.17) is 11.6 Å².